The van der Waals surface area contributed by atoms with Gasteiger partial charge in [-0.05, 0) is 72.0 Å². The summed E-state index contributed by atoms with van der Waals surface area (Å²) in [7, 11) is 0. The Morgan fingerprint density at radius 2 is 1.69 bits per heavy atom. The maximum atomic E-state index is 13.0. The number of carboxylic acids is 1. The monoisotopic (exact) mass is 486 g/mol. The Balaban J connectivity index is 1.68. The highest BCUT2D eigenvalue weighted by molar-refractivity contribution is 5.99. The summed E-state index contributed by atoms with van der Waals surface area (Å²) in [6, 6.07) is 14.5. The largest absolute Gasteiger partial charge is 0.479 e. The second-order valence-electron chi connectivity index (χ2n) is 10.7. The predicted molar refractivity (Wildman–Crippen MR) is 142 cm³/mol. The van der Waals surface area contributed by atoms with Crippen molar-refractivity contribution < 1.29 is 19.4 Å². The number of carbonyl (C=O) groups is 2. The number of hydrogen-bond acceptors (Lipinski definition) is 4. The third-order valence-corrected chi connectivity index (χ3v) is 6.78. The van der Waals surface area contributed by atoms with E-state index in [1.807, 2.05) is 30.3 Å². The van der Waals surface area contributed by atoms with Crippen molar-refractivity contribution in [2.24, 2.45) is 0 Å². The number of nitrogens with zero attached hydrogens (tertiary/aromatic N) is 1. The maximum absolute atomic E-state index is 13.0. The quantitative estimate of drug-likeness (QED) is 0.361. The Morgan fingerprint density at radius 1 is 1.06 bits per heavy atom. The van der Waals surface area contributed by atoms with Crippen LogP contribution in [0.15, 0.2) is 60.7 Å². The number of hydrogen-bond donors (Lipinski definition) is 2. The average Bonchev–Trinajstić information content (AvgIpc) is 3.36. The number of aromatic nitrogens is 1. The van der Waals surface area contributed by atoms with Crippen LogP contribution in [-0.2, 0) is 10.2 Å². The topological polar surface area (TPSA) is 88.5 Å². The SMILES string of the molecule is C=C(C)[C@H](NC(=O)c1cc2ccc(Oc3ccc(C(C)(C)C)cc3)cc2c(C2CCCC2)n1)C(=O)O. The first kappa shape index (κ1) is 25.4. The van der Waals surface area contributed by atoms with E-state index in [4.69, 9.17) is 9.72 Å². The Morgan fingerprint density at radius 3 is 2.28 bits per heavy atom. The lowest BCUT2D eigenvalue weighted by molar-refractivity contribution is -0.138. The highest BCUT2D eigenvalue weighted by atomic mass is 16.5. The molecule has 1 atom stereocenters. The van der Waals surface area contributed by atoms with Gasteiger partial charge in [-0.15, -0.1) is 0 Å². The first-order valence-corrected chi connectivity index (χ1v) is 12.4. The van der Waals surface area contributed by atoms with Crippen LogP contribution < -0.4 is 10.1 Å². The van der Waals surface area contributed by atoms with Gasteiger partial charge in [-0.25, -0.2) is 9.78 Å². The van der Waals surface area contributed by atoms with Crippen LogP contribution in [0.4, 0.5) is 0 Å². The van der Waals surface area contributed by atoms with E-state index in [-0.39, 0.29) is 17.0 Å². The van der Waals surface area contributed by atoms with Crippen LogP contribution in [0.1, 0.15) is 81.0 Å². The van der Waals surface area contributed by atoms with Crippen LogP contribution in [-0.4, -0.2) is 28.0 Å². The number of pyridine rings is 1. The van der Waals surface area contributed by atoms with Gasteiger partial charge in [-0.2, -0.15) is 0 Å². The van der Waals surface area contributed by atoms with Crippen molar-refractivity contribution in [2.75, 3.05) is 0 Å². The molecule has 0 spiro atoms. The number of fused-ring (bicyclic) bond motifs is 1. The number of aliphatic carboxylic acids is 1. The number of carbonyl (C=O) groups excluding carboxylic acids is 1. The minimum atomic E-state index is -1.16. The minimum Gasteiger partial charge on any atom is -0.479 e. The van der Waals surface area contributed by atoms with Crippen LogP contribution in [0.3, 0.4) is 0 Å². The molecule has 1 aliphatic carbocycles. The van der Waals surface area contributed by atoms with E-state index in [1.54, 1.807) is 13.0 Å². The highest BCUT2D eigenvalue weighted by Gasteiger charge is 2.26. The maximum Gasteiger partial charge on any atom is 0.330 e. The van der Waals surface area contributed by atoms with Gasteiger partial charge in [0.15, 0.2) is 0 Å². The summed E-state index contributed by atoms with van der Waals surface area (Å²) in [4.78, 5) is 29.3. The van der Waals surface area contributed by atoms with Gasteiger partial charge in [0.05, 0.1) is 5.69 Å². The number of amides is 1. The molecule has 0 saturated heterocycles. The molecule has 6 nitrogen and oxygen atoms in total. The molecular formula is C30H34N2O4. The molecule has 3 aromatic rings. The lowest BCUT2D eigenvalue weighted by atomic mass is 9.87. The van der Waals surface area contributed by atoms with Gasteiger partial charge in [-0.3, -0.25) is 4.79 Å². The average molecular weight is 487 g/mol. The first-order chi connectivity index (χ1) is 17.0. The molecular weight excluding hydrogens is 452 g/mol. The number of benzene rings is 2. The molecule has 1 heterocycles. The summed E-state index contributed by atoms with van der Waals surface area (Å²) in [5, 5.41) is 13.8. The molecule has 0 aliphatic heterocycles. The summed E-state index contributed by atoms with van der Waals surface area (Å²) >= 11 is 0. The fourth-order valence-corrected chi connectivity index (χ4v) is 4.70. The lowest BCUT2D eigenvalue weighted by Gasteiger charge is -2.19. The van der Waals surface area contributed by atoms with Crippen molar-refractivity contribution in [1.29, 1.82) is 0 Å². The molecule has 1 fully saturated rings. The van der Waals surface area contributed by atoms with Crippen LogP contribution in [0, 0.1) is 0 Å². The summed E-state index contributed by atoms with van der Waals surface area (Å²) in [6.45, 7) is 11.8. The predicted octanol–water partition coefficient (Wildman–Crippen LogP) is 6.74. The minimum absolute atomic E-state index is 0.0716. The van der Waals surface area contributed by atoms with E-state index in [2.05, 4.69) is 44.8 Å². The van der Waals surface area contributed by atoms with Gasteiger partial charge < -0.3 is 15.2 Å². The molecule has 36 heavy (non-hydrogen) atoms. The molecule has 1 aliphatic rings. The zero-order chi connectivity index (χ0) is 26.0. The summed E-state index contributed by atoms with van der Waals surface area (Å²) in [5.74, 6) is 0.0412. The van der Waals surface area contributed by atoms with Gasteiger partial charge in [0.25, 0.3) is 5.91 Å². The normalized spacial score (nSPS) is 15.0. The molecule has 1 amide bonds. The summed E-state index contributed by atoms with van der Waals surface area (Å²) < 4.78 is 6.17. The van der Waals surface area contributed by atoms with Crippen molar-refractivity contribution in [1.82, 2.24) is 10.3 Å². The molecule has 4 rings (SSSR count). The van der Waals surface area contributed by atoms with Gasteiger partial charge in [0.1, 0.15) is 23.2 Å². The molecule has 1 saturated carbocycles. The smallest absolute Gasteiger partial charge is 0.330 e. The molecule has 0 bridgehead atoms. The third-order valence-electron chi connectivity index (χ3n) is 6.78. The second kappa shape index (κ2) is 10.1. The van der Waals surface area contributed by atoms with Crippen LogP contribution in [0.2, 0.25) is 0 Å². The molecule has 188 valence electrons. The van der Waals surface area contributed by atoms with Crippen molar-refractivity contribution in [3.8, 4) is 11.5 Å². The molecule has 0 unspecified atom stereocenters. The molecule has 6 heteroatoms. The zero-order valence-corrected chi connectivity index (χ0v) is 21.4. The summed E-state index contributed by atoms with van der Waals surface area (Å²) in [6.07, 6.45) is 4.26. The Kier molecular flexibility index (Phi) is 7.16. The Labute approximate surface area is 212 Å². The van der Waals surface area contributed by atoms with E-state index in [1.165, 1.54) is 5.56 Å². The van der Waals surface area contributed by atoms with E-state index in [9.17, 15) is 14.7 Å². The van der Waals surface area contributed by atoms with Gasteiger partial charge in [0.2, 0.25) is 0 Å². The van der Waals surface area contributed by atoms with Crippen LogP contribution in [0.5, 0.6) is 11.5 Å². The second-order valence-corrected chi connectivity index (χ2v) is 10.7. The van der Waals surface area contributed by atoms with Crippen molar-refractivity contribution in [3.05, 3.63) is 77.6 Å². The number of ether oxygens (including phenoxy) is 1. The third kappa shape index (κ3) is 5.59. The van der Waals surface area contributed by atoms with Crippen molar-refractivity contribution in [3.63, 3.8) is 0 Å². The van der Waals surface area contributed by atoms with E-state index < -0.39 is 17.9 Å². The standard InChI is InChI=1S/C30H34N2O4/c1-18(2)26(29(34)35)32-28(33)25-16-20-10-13-23(17-24(20)27(31-25)19-8-6-7-9-19)36-22-14-11-21(12-15-22)30(3,4)5/h10-17,19,26H,1,6-9H2,2-5H3,(H,32,33)(H,34,35)/t26-/m0/s1. The van der Waals surface area contributed by atoms with Crippen LogP contribution in [0.25, 0.3) is 10.8 Å². The Bertz CT molecular complexity index is 1290. The van der Waals surface area contributed by atoms with Gasteiger partial charge in [0, 0.05) is 11.3 Å². The molecule has 1 aromatic heterocycles. The number of carboxylic acid groups (broad SMARTS) is 1. The Hall–Kier alpha value is -3.67. The molecule has 0 radical (unpaired) electrons. The van der Waals surface area contributed by atoms with Gasteiger partial charge >= 0.3 is 5.97 Å². The first-order valence-electron chi connectivity index (χ1n) is 12.4. The fraction of sp³-hybridized carbons (Fsp3) is 0.367. The van der Waals surface area contributed by atoms with E-state index in [0.29, 0.717) is 11.3 Å². The molecule has 2 N–H and O–H groups in total. The van der Waals surface area contributed by atoms with E-state index >= 15 is 0 Å². The number of rotatable bonds is 7. The fourth-order valence-electron chi connectivity index (χ4n) is 4.70. The lowest BCUT2D eigenvalue weighted by Crippen LogP contribution is -2.41. The molecule has 2 aromatic carbocycles. The van der Waals surface area contributed by atoms with Crippen LogP contribution >= 0.6 is 0 Å². The van der Waals surface area contributed by atoms with Crippen molar-refractivity contribution >= 4 is 22.6 Å². The number of nitrogens with one attached hydrogen (secondary N) is 1. The van der Waals surface area contributed by atoms with Crippen molar-refractivity contribution in [2.45, 2.75) is 70.8 Å². The van der Waals surface area contributed by atoms with Gasteiger partial charge in [-0.1, -0.05) is 58.4 Å². The zero-order valence-electron chi connectivity index (χ0n) is 21.4. The summed E-state index contributed by atoms with van der Waals surface area (Å²) in [5.41, 5.74) is 2.74. The highest BCUT2D eigenvalue weighted by Crippen LogP contribution is 2.38. The van der Waals surface area contributed by atoms with E-state index in [0.717, 1.165) is 47.9 Å².